The molecule has 0 aliphatic heterocycles. The molecular weight excluding hydrogens is 456 g/mol. The predicted octanol–water partition coefficient (Wildman–Crippen LogP) is 4.35. The van der Waals surface area contributed by atoms with Crippen molar-refractivity contribution in [2.75, 3.05) is 35.5 Å². The van der Waals surface area contributed by atoms with E-state index >= 15 is 0 Å². The Kier molecular flexibility index (Phi) is 8.99. The first-order chi connectivity index (χ1) is 16.5. The molecule has 0 aliphatic carbocycles. The minimum atomic E-state index is -1.20. The van der Waals surface area contributed by atoms with Crippen LogP contribution in [0.4, 0.5) is 0 Å². The normalized spacial score (nSPS) is 11.8. The van der Waals surface area contributed by atoms with Crippen LogP contribution < -0.4 is 23.7 Å². The number of carbonyl (C=O) groups excluding carboxylic acids is 1. The molecule has 0 amide bonds. The number of benzene rings is 2. The van der Waals surface area contributed by atoms with E-state index in [1.165, 1.54) is 35.5 Å². The first kappa shape index (κ1) is 27.4. The van der Waals surface area contributed by atoms with Gasteiger partial charge >= 0.3 is 11.9 Å². The lowest BCUT2D eigenvalue weighted by molar-refractivity contribution is -0.151. The first-order valence-electron chi connectivity index (χ1n) is 10.7. The minimum Gasteiger partial charge on any atom is -0.493 e. The predicted molar refractivity (Wildman–Crippen MR) is 130 cm³/mol. The molecule has 190 valence electrons. The van der Waals surface area contributed by atoms with E-state index in [-0.39, 0.29) is 5.57 Å². The van der Waals surface area contributed by atoms with Gasteiger partial charge in [-0.2, -0.15) is 0 Å². The molecule has 0 spiro atoms. The largest absolute Gasteiger partial charge is 0.493 e. The molecule has 0 radical (unpaired) electrons. The van der Waals surface area contributed by atoms with Gasteiger partial charge in [-0.05, 0) is 56.2 Å². The lowest BCUT2D eigenvalue weighted by Gasteiger charge is -2.23. The van der Waals surface area contributed by atoms with E-state index in [9.17, 15) is 14.7 Å². The van der Waals surface area contributed by atoms with E-state index in [2.05, 4.69) is 0 Å². The van der Waals surface area contributed by atoms with Gasteiger partial charge in [-0.25, -0.2) is 4.79 Å². The first-order valence-corrected chi connectivity index (χ1v) is 10.7. The van der Waals surface area contributed by atoms with Crippen molar-refractivity contribution in [2.24, 2.45) is 0 Å². The average molecular weight is 489 g/mol. The highest BCUT2D eigenvalue weighted by Crippen LogP contribution is 2.43. The van der Waals surface area contributed by atoms with Gasteiger partial charge in [-0.3, -0.25) is 4.79 Å². The Bertz CT molecular complexity index is 1090. The Balaban J connectivity index is 3.00. The van der Waals surface area contributed by atoms with E-state index < -0.39 is 24.0 Å². The SMILES string of the molecule is COc1ccc(/C(=C(\CC(=O)O)C(=O)OC(C)(C)C)c2cc(OC)c(OC)c(OC)c2)cc1OC. The number of methoxy groups -OCH3 is 5. The Morgan fingerprint density at radius 3 is 1.69 bits per heavy atom. The summed E-state index contributed by atoms with van der Waals surface area (Å²) >= 11 is 0. The van der Waals surface area contributed by atoms with Gasteiger partial charge in [-0.15, -0.1) is 0 Å². The molecule has 2 aromatic carbocycles. The second-order valence-corrected chi connectivity index (χ2v) is 8.41. The van der Waals surface area contributed by atoms with Crippen LogP contribution in [-0.4, -0.2) is 58.2 Å². The quantitative estimate of drug-likeness (QED) is 0.385. The topological polar surface area (TPSA) is 110 Å². The number of carboxylic acids is 1. The third kappa shape index (κ3) is 6.59. The molecule has 35 heavy (non-hydrogen) atoms. The Morgan fingerprint density at radius 1 is 0.743 bits per heavy atom. The molecule has 0 atom stereocenters. The zero-order chi connectivity index (χ0) is 26.3. The molecule has 0 aromatic heterocycles. The highest BCUT2D eigenvalue weighted by molar-refractivity contribution is 6.05. The molecule has 9 nitrogen and oxygen atoms in total. The fourth-order valence-electron chi connectivity index (χ4n) is 3.49. The molecule has 0 unspecified atom stereocenters. The number of ether oxygens (including phenoxy) is 6. The number of carboxylic acid groups (broad SMARTS) is 1. The second-order valence-electron chi connectivity index (χ2n) is 8.41. The van der Waals surface area contributed by atoms with Crippen LogP contribution in [0.5, 0.6) is 28.7 Å². The maximum atomic E-state index is 13.3. The molecular formula is C26H32O9. The fourth-order valence-corrected chi connectivity index (χ4v) is 3.49. The standard InChI is InChI=1S/C26H32O9/c1-26(2,3)35-25(29)17(14-22(27)28)23(15-9-10-18(30-4)19(11-15)31-5)16-12-20(32-6)24(34-8)21(13-16)33-7/h9-13H,14H2,1-8H3,(H,27,28)/b23-17-. The van der Waals surface area contributed by atoms with Crippen LogP contribution in [0.2, 0.25) is 0 Å². The van der Waals surface area contributed by atoms with E-state index in [1.54, 1.807) is 51.1 Å². The van der Waals surface area contributed by atoms with Crippen molar-refractivity contribution < 1.29 is 43.1 Å². The van der Waals surface area contributed by atoms with Gasteiger partial charge in [0.15, 0.2) is 23.0 Å². The monoisotopic (exact) mass is 488 g/mol. The van der Waals surface area contributed by atoms with Crippen molar-refractivity contribution in [3.8, 4) is 28.7 Å². The van der Waals surface area contributed by atoms with Crippen molar-refractivity contribution in [2.45, 2.75) is 32.8 Å². The van der Waals surface area contributed by atoms with Crippen molar-refractivity contribution in [1.29, 1.82) is 0 Å². The van der Waals surface area contributed by atoms with Gasteiger partial charge in [0.05, 0.1) is 47.5 Å². The van der Waals surface area contributed by atoms with Gasteiger partial charge in [0.25, 0.3) is 0 Å². The average Bonchev–Trinajstić information content (AvgIpc) is 2.81. The van der Waals surface area contributed by atoms with Gasteiger partial charge in [0.2, 0.25) is 5.75 Å². The van der Waals surface area contributed by atoms with E-state index in [0.717, 1.165) is 0 Å². The lowest BCUT2D eigenvalue weighted by atomic mass is 9.90. The Hall–Kier alpha value is -3.88. The summed E-state index contributed by atoms with van der Waals surface area (Å²) in [6, 6.07) is 8.30. The van der Waals surface area contributed by atoms with Crippen LogP contribution in [0.25, 0.3) is 5.57 Å². The summed E-state index contributed by atoms with van der Waals surface area (Å²) in [6.07, 6.45) is -0.588. The van der Waals surface area contributed by atoms with Crippen LogP contribution in [0.3, 0.4) is 0 Å². The molecule has 0 bridgehead atoms. The minimum absolute atomic E-state index is 0.0612. The van der Waals surface area contributed by atoms with E-state index in [0.29, 0.717) is 45.4 Å². The lowest BCUT2D eigenvalue weighted by Crippen LogP contribution is -2.26. The summed E-state index contributed by atoms with van der Waals surface area (Å²) in [4.78, 5) is 25.2. The highest BCUT2D eigenvalue weighted by atomic mass is 16.6. The van der Waals surface area contributed by atoms with Crippen LogP contribution in [0.1, 0.15) is 38.3 Å². The molecule has 1 N–H and O–H groups in total. The summed E-state index contributed by atoms with van der Waals surface area (Å²) < 4.78 is 32.7. The number of carbonyl (C=O) groups is 2. The molecule has 9 heteroatoms. The van der Waals surface area contributed by atoms with Crippen molar-refractivity contribution >= 4 is 17.5 Å². The highest BCUT2D eigenvalue weighted by Gasteiger charge is 2.28. The smallest absolute Gasteiger partial charge is 0.335 e. The molecule has 0 fully saturated rings. The molecule has 0 aliphatic rings. The van der Waals surface area contributed by atoms with Gasteiger partial charge < -0.3 is 33.5 Å². The van der Waals surface area contributed by atoms with Gasteiger partial charge in [-0.1, -0.05) is 6.07 Å². The van der Waals surface area contributed by atoms with Crippen LogP contribution >= 0.6 is 0 Å². The molecule has 0 saturated carbocycles. The maximum Gasteiger partial charge on any atom is 0.335 e. The molecule has 0 saturated heterocycles. The summed E-state index contributed by atoms with van der Waals surface area (Å²) in [7, 11) is 7.39. The second kappa shape index (κ2) is 11.5. The van der Waals surface area contributed by atoms with Crippen LogP contribution in [-0.2, 0) is 14.3 Å². The van der Waals surface area contributed by atoms with E-state index in [4.69, 9.17) is 28.4 Å². The number of hydrogen-bond acceptors (Lipinski definition) is 8. The zero-order valence-electron chi connectivity index (χ0n) is 21.3. The molecule has 2 rings (SSSR count). The Labute approximate surface area is 205 Å². The van der Waals surface area contributed by atoms with Gasteiger partial charge in [0.1, 0.15) is 5.60 Å². The number of hydrogen-bond donors (Lipinski definition) is 1. The Morgan fingerprint density at radius 2 is 1.26 bits per heavy atom. The fraction of sp³-hybridized carbons (Fsp3) is 0.385. The zero-order valence-corrected chi connectivity index (χ0v) is 21.3. The number of aliphatic carboxylic acids is 1. The third-order valence-corrected chi connectivity index (χ3v) is 4.90. The summed E-state index contributed by atoms with van der Waals surface area (Å²) in [6.45, 7) is 5.12. The molecule has 2 aromatic rings. The number of rotatable bonds is 10. The maximum absolute atomic E-state index is 13.3. The van der Waals surface area contributed by atoms with Crippen molar-refractivity contribution in [1.82, 2.24) is 0 Å². The summed E-state index contributed by atoms with van der Waals surface area (Å²) in [5.74, 6) is -0.0825. The van der Waals surface area contributed by atoms with E-state index in [1.807, 2.05) is 0 Å². The molecule has 0 heterocycles. The summed E-state index contributed by atoms with van der Waals surface area (Å²) in [5.41, 5.74) is 0.349. The third-order valence-electron chi connectivity index (χ3n) is 4.90. The number of esters is 1. The van der Waals surface area contributed by atoms with Crippen molar-refractivity contribution in [3.05, 3.63) is 47.0 Å². The van der Waals surface area contributed by atoms with Gasteiger partial charge in [0, 0.05) is 5.57 Å². The van der Waals surface area contributed by atoms with Crippen LogP contribution in [0, 0.1) is 0 Å². The van der Waals surface area contributed by atoms with Crippen molar-refractivity contribution in [3.63, 3.8) is 0 Å². The summed E-state index contributed by atoms with van der Waals surface area (Å²) in [5, 5.41) is 9.68. The van der Waals surface area contributed by atoms with Crippen LogP contribution in [0.15, 0.2) is 35.9 Å².